The molecule has 2 aromatic heterocycles. The summed E-state index contributed by atoms with van der Waals surface area (Å²) in [5.41, 5.74) is 0.530. The van der Waals surface area contributed by atoms with E-state index in [-0.39, 0.29) is 16.9 Å². The van der Waals surface area contributed by atoms with Crippen LogP contribution in [0.25, 0.3) is 33.1 Å². The quantitative estimate of drug-likeness (QED) is 0.468. The number of ether oxygens (including phenoxy) is 1. The third-order valence-corrected chi connectivity index (χ3v) is 5.50. The third-order valence-electron chi connectivity index (χ3n) is 5.50. The van der Waals surface area contributed by atoms with Gasteiger partial charge in [0, 0.05) is 28.9 Å². The van der Waals surface area contributed by atoms with Crippen molar-refractivity contribution < 1.29 is 18.7 Å². The second-order valence-electron chi connectivity index (χ2n) is 7.21. The molecule has 0 fully saturated rings. The molecule has 0 saturated carbocycles. The highest BCUT2D eigenvalue weighted by molar-refractivity contribution is 5.97. The first kappa shape index (κ1) is 20.7. The lowest BCUT2D eigenvalue weighted by molar-refractivity contribution is 0.290. The number of methoxy groups -OCH3 is 1. The van der Waals surface area contributed by atoms with Gasteiger partial charge in [0.15, 0.2) is 11.3 Å². The second-order valence-corrected chi connectivity index (χ2v) is 7.21. The Labute approximate surface area is 178 Å². The van der Waals surface area contributed by atoms with Gasteiger partial charge in [0.2, 0.25) is 0 Å². The van der Waals surface area contributed by atoms with E-state index in [1.165, 1.54) is 13.2 Å². The van der Waals surface area contributed by atoms with Crippen LogP contribution < -0.4 is 16.0 Å². The molecule has 1 N–H and O–H groups in total. The zero-order valence-electron chi connectivity index (χ0n) is 17.6. The van der Waals surface area contributed by atoms with Gasteiger partial charge < -0.3 is 18.7 Å². The Balaban J connectivity index is 2.00. The molecule has 0 aliphatic carbocycles. The Morgan fingerprint density at radius 3 is 2.45 bits per heavy atom. The Morgan fingerprint density at radius 1 is 0.968 bits per heavy atom. The van der Waals surface area contributed by atoms with Crippen LogP contribution in [0.1, 0.15) is 19.4 Å². The molecule has 0 aliphatic rings. The lowest BCUT2D eigenvalue weighted by atomic mass is 9.99. The van der Waals surface area contributed by atoms with Gasteiger partial charge in [-0.3, -0.25) is 4.90 Å². The van der Waals surface area contributed by atoms with Gasteiger partial charge in [0.25, 0.3) is 0 Å². The Bertz CT molecular complexity index is 1380. The zero-order valence-corrected chi connectivity index (χ0v) is 17.6. The molecule has 7 heteroatoms. The van der Waals surface area contributed by atoms with E-state index in [9.17, 15) is 14.7 Å². The summed E-state index contributed by atoms with van der Waals surface area (Å²) in [4.78, 5) is 27.4. The van der Waals surface area contributed by atoms with E-state index in [1.54, 1.807) is 36.4 Å². The summed E-state index contributed by atoms with van der Waals surface area (Å²) in [6.45, 7) is 5.98. The minimum Gasteiger partial charge on any atom is -0.507 e. The van der Waals surface area contributed by atoms with Gasteiger partial charge in [-0.05, 0) is 37.4 Å². The number of benzene rings is 2. The van der Waals surface area contributed by atoms with Crippen molar-refractivity contribution in [2.75, 3.05) is 20.2 Å². The number of para-hydroxylation sites is 1. The molecule has 2 aromatic carbocycles. The van der Waals surface area contributed by atoms with Crippen molar-refractivity contribution in [1.82, 2.24) is 4.90 Å². The van der Waals surface area contributed by atoms with Crippen LogP contribution in [0.4, 0.5) is 0 Å². The summed E-state index contributed by atoms with van der Waals surface area (Å²) < 4.78 is 16.3. The molecule has 31 heavy (non-hydrogen) atoms. The van der Waals surface area contributed by atoms with Gasteiger partial charge in [-0.25, -0.2) is 9.59 Å². The van der Waals surface area contributed by atoms with E-state index in [4.69, 9.17) is 13.6 Å². The van der Waals surface area contributed by atoms with Crippen LogP contribution in [0.15, 0.2) is 60.9 Å². The van der Waals surface area contributed by atoms with Crippen LogP contribution in [0, 0.1) is 0 Å². The zero-order chi connectivity index (χ0) is 22.1. The van der Waals surface area contributed by atoms with Crippen LogP contribution >= 0.6 is 0 Å². The predicted octanol–water partition coefficient (Wildman–Crippen LogP) is 4.12. The number of fused-ring (bicyclic) bond motifs is 2. The molecule has 0 bridgehead atoms. The standard InChI is InChI=1S/C24H23NO6/c1-4-25(5-2)13-18-19(26)10-9-15-16(12-21(27)30-23(15)18)17-11-14-7-6-8-20(29-3)22(14)31-24(17)28/h6-12,26H,4-5,13H2,1-3H3. The van der Waals surface area contributed by atoms with Gasteiger partial charge in [-0.1, -0.05) is 26.0 Å². The highest BCUT2D eigenvalue weighted by Gasteiger charge is 2.19. The molecule has 4 rings (SSSR count). The molecule has 0 atom stereocenters. The Morgan fingerprint density at radius 2 is 1.74 bits per heavy atom. The number of hydrogen-bond acceptors (Lipinski definition) is 7. The van der Waals surface area contributed by atoms with Gasteiger partial charge >= 0.3 is 11.3 Å². The SMILES string of the molecule is CCN(CC)Cc1c(O)ccc2c(-c3cc4cccc(OC)c4oc3=O)cc(=O)oc12. The van der Waals surface area contributed by atoms with Crippen LogP contribution in [0.5, 0.6) is 11.5 Å². The Hall–Kier alpha value is -3.58. The van der Waals surface area contributed by atoms with Crippen LogP contribution in [-0.2, 0) is 6.54 Å². The lowest BCUT2D eigenvalue weighted by Crippen LogP contribution is -2.22. The average Bonchev–Trinajstić information content (AvgIpc) is 2.77. The smallest absolute Gasteiger partial charge is 0.344 e. The lowest BCUT2D eigenvalue weighted by Gasteiger charge is -2.19. The fraction of sp³-hybridized carbons (Fsp3) is 0.250. The summed E-state index contributed by atoms with van der Waals surface area (Å²) in [7, 11) is 1.50. The molecule has 0 saturated heterocycles. The summed E-state index contributed by atoms with van der Waals surface area (Å²) in [5, 5.41) is 11.7. The van der Waals surface area contributed by atoms with Gasteiger partial charge in [-0.2, -0.15) is 0 Å². The van der Waals surface area contributed by atoms with Crippen molar-refractivity contribution in [2.24, 2.45) is 0 Å². The maximum atomic E-state index is 12.9. The predicted molar refractivity (Wildman–Crippen MR) is 119 cm³/mol. The molecule has 0 aliphatic heterocycles. The molecular weight excluding hydrogens is 398 g/mol. The third kappa shape index (κ3) is 3.68. The normalized spacial score (nSPS) is 11.5. The summed E-state index contributed by atoms with van der Waals surface area (Å²) >= 11 is 0. The minimum absolute atomic E-state index is 0.0370. The minimum atomic E-state index is -0.612. The number of nitrogens with zero attached hydrogens (tertiary/aromatic N) is 1. The summed E-state index contributed by atoms with van der Waals surface area (Å²) in [6, 6.07) is 11.5. The fourth-order valence-electron chi connectivity index (χ4n) is 3.78. The molecule has 0 spiro atoms. The fourth-order valence-corrected chi connectivity index (χ4v) is 3.78. The molecule has 2 heterocycles. The first-order valence-corrected chi connectivity index (χ1v) is 10.1. The van der Waals surface area contributed by atoms with Crippen molar-refractivity contribution in [3.63, 3.8) is 0 Å². The van der Waals surface area contributed by atoms with Crippen molar-refractivity contribution >= 4 is 21.9 Å². The van der Waals surface area contributed by atoms with E-state index >= 15 is 0 Å². The molecule has 7 nitrogen and oxygen atoms in total. The highest BCUT2D eigenvalue weighted by Crippen LogP contribution is 2.34. The Kier molecular flexibility index (Phi) is 5.52. The van der Waals surface area contributed by atoms with Crippen molar-refractivity contribution in [2.45, 2.75) is 20.4 Å². The number of hydrogen-bond donors (Lipinski definition) is 1. The number of rotatable bonds is 6. The van der Waals surface area contributed by atoms with Crippen molar-refractivity contribution in [3.8, 4) is 22.6 Å². The molecule has 0 radical (unpaired) electrons. The monoisotopic (exact) mass is 421 g/mol. The highest BCUT2D eigenvalue weighted by atomic mass is 16.5. The van der Waals surface area contributed by atoms with Gasteiger partial charge in [0.05, 0.1) is 18.2 Å². The van der Waals surface area contributed by atoms with Crippen molar-refractivity contribution in [1.29, 1.82) is 0 Å². The molecule has 0 amide bonds. The number of aromatic hydroxyl groups is 1. The van der Waals surface area contributed by atoms with Gasteiger partial charge in [-0.15, -0.1) is 0 Å². The van der Waals surface area contributed by atoms with E-state index in [2.05, 4.69) is 4.90 Å². The molecule has 4 aromatic rings. The van der Waals surface area contributed by atoms with E-state index in [1.807, 2.05) is 13.8 Å². The van der Waals surface area contributed by atoms with Crippen LogP contribution in [0.3, 0.4) is 0 Å². The summed E-state index contributed by atoms with van der Waals surface area (Å²) in [5.74, 6) is 0.486. The number of phenols is 1. The first-order valence-electron chi connectivity index (χ1n) is 10.1. The molecule has 160 valence electrons. The second kappa shape index (κ2) is 8.28. The summed E-state index contributed by atoms with van der Waals surface area (Å²) in [6.07, 6.45) is 0. The first-order chi connectivity index (χ1) is 15.0. The van der Waals surface area contributed by atoms with E-state index in [0.29, 0.717) is 39.8 Å². The van der Waals surface area contributed by atoms with Gasteiger partial charge in [0.1, 0.15) is 11.3 Å². The largest absolute Gasteiger partial charge is 0.507 e. The topological polar surface area (TPSA) is 93.1 Å². The van der Waals surface area contributed by atoms with Crippen LogP contribution in [-0.4, -0.2) is 30.2 Å². The van der Waals surface area contributed by atoms with E-state index < -0.39 is 11.3 Å². The number of phenolic OH excluding ortho intramolecular Hbond substituents is 1. The molecule has 0 unspecified atom stereocenters. The van der Waals surface area contributed by atoms with Crippen molar-refractivity contribution in [3.05, 3.63) is 68.9 Å². The average molecular weight is 421 g/mol. The molecular formula is C24H23NO6. The maximum Gasteiger partial charge on any atom is 0.344 e. The van der Waals surface area contributed by atoms with Crippen LogP contribution in [0.2, 0.25) is 0 Å². The van der Waals surface area contributed by atoms with E-state index in [0.717, 1.165) is 13.1 Å². The maximum absolute atomic E-state index is 12.9.